The predicted octanol–water partition coefficient (Wildman–Crippen LogP) is 3.68. The van der Waals surface area contributed by atoms with Crippen molar-refractivity contribution in [3.05, 3.63) is 35.4 Å². The van der Waals surface area contributed by atoms with Crippen molar-refractivity contribution in [3.8, 4) is 0 Å². The Labute approximate surface area is 140 Å². The molecular weight excluding hydrogens is 284 g/mol. The van der Waals surface area contributed by atoms with E-state index in [0.717, 1.165) is 31.5 Å². The molecule has 1 unspecified atom stereocenters. The van der Waals surface area contributed by atoms with Crippen LogP contribution in [0, 0.1) is 0 Å². The summed E-state index contributed by atoms with van der Waals surface area (Å²) in [5.74, 6) is 0.215. The summed E-state index contributed by atoms with van der Waals surface area (Å²) in [6.45, 7) is 11.0. The second-order valence-electron chi connectivity index (χ2n) is 8.13. The van der Waals surface area contributed by atoms with E-state index in [2.05, 4.69) is 42.7 Å². The Morgan fingerprint density at radius 2 is 1.70 bits per heavy atom. The van der Waals surface area contributed by atoms with Crippen molar-refractivity contribution in [2.75, 3.05) is 26.2 Å². The van der Waals surface area contributed by atoms with Crippen molar-refractivity contribution in [2.45, 2.75) is 57.9 Å². The molecule has 0 radical (unpaired) electrons. The third kappa shape index (κ3) is 3.77. The SMILES string of the molecule is CC(C)(C)c1ccc(C(=O)N2CCCC2CN2CCCC2)cc1. The fourth-order valence-electron chi connectivity index (χ4n) is 3.83. The molecule has 0 aliphatic carbocycles. The Hall–Kier alpha value is -1.35. The quantitative estimate of drug-likeness (QED) is 0.849. The molecule has 3 heteroatoms. The molecule has 1 atom stereocenters. The van der Waals surface area contributed by atoms with Crippen LogP contribution in [0.15, 0.2) is 24.3 Å². The maximum Gasteiger partial charge on any atom is 0.254 e. The first-order chi connectivity index (χ1) is 10.9. The molecule has 1 amide bonds. The minimum atomic E-state index is 0.132. The monoisotopic (exact) mass is 314 g/mol. The number of hydrogen-bond donors (Lipinski definition) is 0. The Kier molecular flexibility index (Phi) is 4.77. The minimum absolute atomic E-state index is 0.132. The summed E-state index contributed by atoms with van der Waals surface area (Å²) in [5.41, 5.74) is 2.25. The van der Waals surface area contributed by atoms with Gasteiger partial charge in [0.1, 0.15) is 0 Å². The van der Waals surface area contributed by atoms with Crippen LogP contribution < -0.4 is 0 Å². The lowest BCUT2D eigenvalue weighted by atomic mass is 9.86. The summed E-state index contributed by atoms with van der Waals surface area (Å²) < 4.78 is 0. The van der Waals surface area contributed by atoms with E-state index in [-0.39, 0.29) is 11.3 Å². The van der Waals surface area contributed by atoms with Gasteiger partial charge >= 0.3 is 0 Å². The average molecular weight is 314 g/mol. The molecule has 1 aromatic rings. The van der Waals surface area contributed by atoms with Crippen molar-refractivity contribution < 1.29 is 4.79 Å². The number of likely N-dealkylation sites (tertiary alicyclic amines) is 2. The van der Waals surface area contributed by atoms with Crippen LogP contribution >= 0.6 is 0 Å². The van der Waals surface area contributed by atoms with Crippen LogP contribution in [0.25, 0.3) is 0 Å². The minimum Gasteiger partial charge on any atom is -0.334 e. The van der Waals surface area contributed by atoms with Gasteiger partial charge in [0, 0.05) is 24.7 Å². The Morgan fingerprint density at radius 1 is 1.04 bits per heavy atom. The molecule has 2 saturated heterocycles. The van der Waals surface area contributed by atoms with Crippen LogP contribution in [0.1, 0.15) is 62.4 Å². The van der Waals surface area contributed by atoms with Crippen LogP contribution in [0.5, 0.6) is 0 Å². The van der Waals surface area contributed by atoms with E-state index in [1.807, 2.05) is 12.1 Å². The predicted molar refractivity (Wildman–Crippen MR) is 94.9 cm³/mol. The standard InChI is InChI=1S/C20H30N2O/c1-20(2,3)17-10-8-16(9-11-17)19(23)22-14-6-7-18(22)15-21-12-4-5-13-21/h8-11,18H,4-7,12-15H2,1-3H3. The van der Waals surface area contributed by atoms with Gasteiger partial charge in [-0.05, 0) is 61.9 Å². The zero-order chi connectivity index (χ0) is 16.4. The van der Waals surface area contributed by atoms with E-state index in [1.54, 1.807) is 0 Å². The van der Waals surface area contributed by atoms with Gasteiger partial charge in [-0.2, -0.15) is 0 Å². The number of carbonyl (C=O) groups excluding carboxylic acids is 1. The Bertz CT molecular complexity index is 538. The largest absolute Gasteiger partial charge is 0.334 e. The number of hydrogen-bond acceptors (Lipinski definition) is 2. The van der Waals surface area contributed by atoms with E-state index in [4.69, 9.17) is 0 Å². The van der Waals surface area contributed by atoms with Crippen molar-refractivity contribution in [3.63, 3.8) is 0 Å². The van der Waals surface area contributed by atoms with Crippen LogP contribution in [0.3, 0.4) is 0 Å². The number of rotatable bonds is 3. The first kappa shape index (κ1) is 16.5. The summed E-state index contributed by atoms with van der Waals surface area (Å²) >= 11 is 0. The van der Waals surface area contributed by atoms with Crippen molar-refractivity contribution in [1.82, 2.24) is 9.80 Å². The van der Waals surface area contributed by atoms with Crippen LogP contribution in [-0.4, -0.2) is 47.9 Å². The first-order valence-electron chi connectivity index (χ1n) is 9.09. The Morgan fingerprint density at radius 3 is 2.30 bits per heavy atom. The molecule has 126 valence electrons. The van der Waals surface area contributed by atoms with E-state index >= 15 is 0 Å². The van der Waals surface area contributed by atoms with E-state index in [0.29, 0.717) is 6.04 Å². The van der Waals surface area contributed by atoms with Gasteiger partial charge in [-0.1, -0.05) is 32.9 Å². The molecule has 0 N–H and O–H groups in total. The summed E-state index contributed by atoms with van der Waals surface area (Å²) in [6.07, 6.45) is 4.93. The van der Waals surface area contributed by atoms with Gasteiger partial charge in [-0.15, -0.1) is 0 Å². The van der Waals surface area contributed by atoms with E-state index in [1.165, 1.54) is 31.5 Å². The molecule has 3 rings (SSSR count). The van der Waals surface area contributed by atoms with Crippen molar-refractivity contribution in [2.24, 2.45) is 0 Å². The number of benzene rings is 1. The fourth-order valence-corrected chi connectivity index (χ4v) is 3.83. The zero-order valence-corrected chi connectivity index (χ0v) is 14.8. The summed E-state index contributed by atoms with van der Waals surface area (Å²) in [7, 11) is 0. The van der Waals surface area contributed by atoms with Gasteiger partial charge in [0.05, 0.1) is 0 Å². The van der Waals surface area contributed by atoms with Crippen molar-refractivity contribution >= 4 is 5.91 Å². The van der Waals surface area contributed by atoms with Gasteiger partial charge in [-0.3, -0.25) is 4.79 Å². The topological polar surface area (TPSA) is 23.6 Å². The van der Waals surface area contributed by atoms with Gasteiger partial charge < -0.3 is 9.80 Å². The fraction of sp³-hybridized carbons (Fsp3) is 0.650. The molecule has 3 nitrogen and oxygen atoms in total. The van der Waals surface area contributed by atoms with Crippen LogP contribution in [-0.2, 0) is 5.41 Å². The highest BCUT2D eigenvalue weighted by Crippen LogP contribution is 2.25. The second-order valence-corrected chi connectivity index (χ2v) is 8.13. The molecule has 0 aromatic heterocycles. The van der Waals surface area contributed by atoms with Gasteiger partial charge in [-0.25, -0.2) is 0 Å². The molecular formula is C20H30N2O. The molecule has 2 fully saturated rings. The van der Waals surface area contributed by atoms with Gasteiger partial charge in [0.2, 0.25) is 0 Å². The highest BCUT2D eigenvalue weighted by atomic mass is 16.2. The first-order valence-corrected chi connectivity index (χ1v) is 9.09. The zero-order valence-electron chi connectivity index (χ0n) is 14.8. The summed E-state index contributed by atoms with van der Waals surface area (Å²) in [5, 5.41) is 0. The number of amides is 1. The Balaban J connectivity index is 1.68. The molecule has 2 aliphatic heterocycles. The third-order valence-corrected chi connectivity index (χ3v) is 5.30. The van der Waals surface area contributed by atoms with Crippen molar-refractivity contribution in [1.29, 1.82) is 0 Å². The average Bonchev–Trinajstić information content (AvgIpc) is 3.18. The second kappa shape index (κ2) is 6.64. The molecule has 2 aliphatic rings. The molecule has 23 heavy (non-hydrogen) atoms. The van der Waals surface area contributed by atoms with Crippen LogP contribution in [0.2, 0.25) is 0 Å². The molecule has 0 saturated carbocycles. The number of nitrogens with zero attached hydrogens (tertiary/aromatic N) is 2. The summed E-state index contributed by atoms with van der Waals surface area (Å²) in [6, 6.07) is 8.64. The molecule has 1 aromatic carbocycles. The van der Waals surface area contributed by atoms with Crippen LogP contribution in [0.4, 0.5) is 0 Å². The van der Waals surface area contributed by atoms with Gasteiger partial charge in [0.25, 0.3) is 5.91 Å². The van der Waals surface area contributed by atoms with E-state index in [9.17, 15) is 4.79 Å². The summed E-state index contributed by atoms with van der Waals surface area (Å²) in [4.78, 5) is 17.5. The van der Waals surface area contributed by atoms with E-state index < -0.39 is 0 Å². The molecule has 2 heterocycles. The molecule has 0 bridgehead atoms. The highest BCUT2D eigenvalue weighted by molar-refractivity contribution is 5.94. The lowest BCUT2D eigenvalue weighted by Gasteiger charge is -2.29. The maximum absolute atomic E-state index is 12.9. The smallest absolute Gasteiger partial charge is 0.254 e. The normalized spacial score (nSPS) is 22.7. The lowest BCUT2D eigenvalue weighted by Crippen LogP contribution is -2.42. The number of carbonyl (C=O) groups is 1. The maximum atomic E-state index is 12.9. The molecule has 0 spiro atoms. The lowest BCUT2D eigenvalue weighted by molar-refractivity contribution is 0.0708. The third-order valence-electron chi connectivity index (χ3n) is 5.30. The van der Waals surface area contributed by atoms with Gasteiger partial charge in [0.15, 0.2) is 0 Å². The highest BCUT2D eigenvalue weighted by Gasteiger charge is 2.31.